The van der Waals surface area contributed by atoms with Crippen LogP contribution in [0.25, 0.3) is 0 Å². The number of carbonyl (C=O) groups is 1. The highest BCUT2D eigenvalue weighted by atomic mass is 16.4. The molecule has 2 heteroatoms. The third-order valence-electron chi connectivity index (χ3n) is 4.56. The van der Waals surface area contributed by atoms with Gasteiger partial charge < -0.3 is 5.11 Å². The zero-order valence-electron chi connectivity index (χ0n) is 7.60. The summed E-state index contributed by atoms with van der Waals surface area (Å²) in [4.78, 5) is 11.3. The van der Waals surface area contributed by atoms with Crippen LogP contribution in [0.1, 0.15) is 29.4 Å². The van der Waals surface area contributed by atoms with E-state index in [1.165, 1.54) is 11.1 Å². The molecule has 0 amide bonds. The Morgan fingerprint density at radius 3 is 2.71 bits per heavy atom. The molecule has 2 fully saturated rings. The van der Waals surface area contributed by atoms with Crippen molar-refractivity contribution in [3.8, 4) is 0 Å². The quantitative estimate of drug-likeness (QED) is 0.728. The highest BCUT2D eigenvalue weighted by Gasteiger charge is 2.84. The molecule has 4 atom stereocenters. The van der Waals surface area contributed by atoms with Crippen LogP contribution >= 0.6 is 0 Å². The summed E-state index contributed by atoms with van der Waals surface area (Å²) in [5.41, 5.74) is 2.27. The maximum absolute atomic E-state index is 11.3. The first-order valence-corrected chi connectivity index (χ1v) is 5.10. The molecule has 0 radical (unpaired) electrons. The van der Waals surface area contributed by atoms with Crippen LogP contribution in [0, 0.1) is 11.3 Å². The summed E-state index contributed by atoms with van der Waals surface area (Å²) in [7, 11) is 0. The van der Waals surface area contributed by atoms with E-state index in [-0.39, 0.29) is 5.41 Å². The number of carboxylic acid groups (broad SMARTS) is 1. The molecule has 0 unspecified atom stereocenters. The van der Waals surface area contributed by atoms with Crippen LogP contribution in [-0.2, 0) is 4.79 Å². The predicted octanol–water partition coefficient (Wildman–Crippen LogP) is 1.97. The number of aliphatic carboxylic acids is 1. The van der Waals surface area contributed by atoms with Crippen molar-refractivity contribution >= 4 is 5.97 Å². The lowest BCUT2D eigenvalue weighted by molar-refractivity contribution is -0.147. The smallest absolute Gasteiger partial charge is 0.311 e. The van der Waals surface area contributed by atoms with Gasteiger partial charge >= 0.3 is 5.97 Å². The first kappa shape index (κ1) is 7.04. The average Bonchev–Trinajstić information content (AvgIpc) is 2.60. The SMILES string of the molecule is O=C(O)[C@]12[C@@H]3C[C@H]1[C@H]2c1ccccc13. The Labute approximate surface area is 81.6 Å². The van der Waals surface area contributed by atoms with Gasteiger partial charge in [-0.15, -0.1) is 0 Å². The zero-order valence-corrected chi connectivity index (χ0v) is 7.60. The van der Waals surface area contributed by atoms with Crippen molar-refractivity contribution in [3.05, 3.63) is 35.4 Å². The normalized spacial score (nSPS) is 45.0. The zero-order chi connectivity index (χ0) is 9.50. The molecule has 0 heterocycles. The largest absolute Gasteiger partial charge is 0.481 e. The summed E-state index contributed by atoms with van der Waals surface area (Å²) < 4.78 is 0. The highest BCUT2D eigenvalue weighted by molar-refractivity contribution is 5.88. The molecule has 1 N–H and O–H groups in total. The van der Waals surface area contributed by atoms with Crippen molar-refractivity contribution in [2.24, 2.45) is 11.3 Å². The maximum atomic E-state index is 11.3. The molecule has 14 heavy (non-hydrogen) atoms. The van der Waals surface area contributed by atoms with Gasteiger partial charge in [0, 0.05) is 11.8 Å². The van der Waals surface area contributed by atoms with Crippen molar-refractivity contribution in [2.75, 3.05) is 0 Å². The Kier molecular flexibility index (Phi) is 0.877. The van der Waals surface area contributed by atoms with E-state index in [4.69, 9.17) is 0 Å². The molecule has 0 saturated heterocycles. The minimum absolute atomic E-state index is 0.325. The Hall–Kier alpha value is -1.31. The summed E-state index contributed by atoms with van der Waals surface area (Å²) in [5.74, 6) is 0.562. The van der Waals surface area contributed by atoms with Crippen LogP contribution in [0.15, 0.2) is 24.3 Å². The minimum atomic E-state index is -0.569. The van der Waals surface area contributed by atoms with E-state index in [1.807, 2.05) is 12.1 Å². The van der Waals surface area contributed by atoms with Gasteiger partial charge in [-0.25, -0.2) is 0 Å². The summed E-state index contributed by atoms with van der Waals surface area (Å²) in [5, 5.41) is 9.29. The fraction of sp³-hybridized carbons (Fsp3) is 0.417. The third kappa shape index (κ3) is 0.441. The van der Waals surface area contributed by atoms with E-state index in [9.17, 15) is 9.90 Å². The van der Waals surface area contributed by atoms with Gasteiger partial charge in [-0.1, -0.05) is 24.3 Å². The molecule has 0 aromatic heterocycles. The summed E-state index contributed by atoms with van der Waals surface area (Å²) in [6.07, 6.45) is 1.11. The third-order valence-corrected chi connectivity index (χ3v) is 4.56. The van der Waals surface area contributed by atoms with Crippen molar-refractivity contribution in [1.29, 1.82) is 0 Å². The van der Waals surface area contributed by atoms with E-state index in [1.54, 1.807) is 0 Å². The van der Waals surface area contributed by atoms with Gasteiger partial charge in [-0.2, -0.15) is 0 Å². The molecule has 0 spiro atoms. The standard InChI is InChI=1S/C12H10O2/c13-11(14)12-8-5-9(12)10(12)7-4-2-1-3-6(7)8/h1-4,8-10H,5H2,(H,13,14)/t8-,9+,10-,12-/m1/s1. The lowest BCUT2D eigenvalue weighted by atomic mass is 9.70. The van der Waals surface area contributed by atoms with Crippen molar-refractivity contribution in [3.63, 3.8) is 0 Å². The number of hydrogen-bond acceptors (Lipinski definition) is 1. The summed E-state index contributed by atoms with van der Waals surface area (Å²) >= 11 is 0. The summed E-state index contributed by atoms with van der Waals surface area (Å²) in [6.45, 7) is 0. The summed E-state index contributed by atoms with van der Waals surface area (Å²) in [6, 6.07) is 8.25. The Balaban J connectivity index is 1.96. The minimum Gasteiger partial charge on any atom is -0.481 e. The topological polar surface area (TPSA) is 37.3 Å². The Morgan fingerprint density at radius 2 is 2.07 bits per heavy atom. The van der Waals surface area contributed by atoms with Crippen LogP contribution in [0.2, 0.25) is 0 Å². The van der Waals surface area contributed by atoms with Gasteiger partial charge in [0.25, 0.3) is 0 Å². The van der Waals surface area contributed by atoms with Gasteiger partial charge in [-0.05, 0) is 23.5 Å². The Morgan fingerprint density at radius 1 is 1.36 bits per heavy atom. The fourth-order valence-electron chi connectivity index (χ4n) is 3.99. The number of hydrogen-bond donors (Lipinski definition) is 1. The van der Waals surface area contributed by atoms with E-state index in [0.717, 1.165) is 6.42 Å². The molecule has 1 aromatic rings. The second-order valence-electron chi connectivity index (χ2n) is 4.74. The van der Waals surface area contributed by atoms with Crippen LogP contribution in [0.4, 0.5) is 0 Å². The molecule has 3 aliphatic carbocycles. The second kappa shape index (κ2) is 1.74. The number of rotatable bonds is 1. The monoisotopic (exact) mass is 186 g/mol. The first-order valence-electron chi connectivity index (χ1n) is 5.10. The molecule has 3 aliphatic rings. The van der Waals surface area contributed by atoms with Gasteiger partial charge in [0.1, 0.15) is 0 Å². The van der Waals surface area contributed by atoms with E-state index in [0.29, 0.717) is 17.8 Å². The number of fused-ring (bicyclic) bond motifs is 4. The molecule has 70 valence electrons. The molecule has 0 aliphatic heterocycles. The van der Waals surface area contributed by atoms with Gasteiger partial charge in [0.15, 0.2) is 0 Å². The number of carboxylic acids is 1. The van der Waals surface area contributed by atoms with Gasteiger partial charge in [-0.3, -0.25) is 4.79 Å². The first-order chi connectivity index (χ1) is 6.78. The van der Waals surface area contributed by atoms with Gasteiger partial charge in [0.05, 0.1) is 5.41 Å². The lowest BCUT2D eigenvalue weighted by Crippen LogP contribution is -2.32. The highest BCUT2D eigenvalue weighted by Crippen LogP contribution is 2.87. The Bertz CT molecular complexity index is 438. The van der Waals surface area contributed by atoms with Crippen LogP contribution in [-0.4, -0.2) is 11.1 Å². The molecule has 2 saturated carbocycles. The van der Waals surface area contributed by atoms with E-state index in [2.05, 4.69) is 12.1 Å². The van der Waals surface area contributed by atoms with Crippen molar-refractivity contribution in [2.45, 2.75) is 18.3 Å². The van der Waals surface area contributed by atoms with Crippen LogP contribution in [0.3, 0.4) is 0 Å². The predicted molar refractivity (Wildman–Crippen MR) is 50.1 cm³/mol. The van der Waals surface area contributed by atoms with Crippen LogP contribution < -0.4 is 0 Å². The average molecular weight is 186 g/mol. The van der Waals surface area contributed by atoms with Crippen LogP contribution in [0.5, 0.6) is 0 Å². The fourth-order valence-corrected chi connectivity index (χ4v) is 3.99. The number of benzene rings is 1. The molecule has 4 rings (SSSR count). The second-order valence-corrected chi connectivity index (χ2v) is 4.74. The van der Waals surface area contributed by atoms with Crippen molar-refractivity contribution in [1.82, 2.24) is 0 Å². The van der Waals surface area contributed by atoms with Crippen molar-refractivity contribution < 1.29 is 9.90 Å². The van der Waals surface area contributed by atoms with E-state index >= 15 is 0 Å². The maximum Gasteiger partial charge on any atom is 0.311 e. The molecular weight excluding hydrogens is 176 g/mol. The molecule has 2 nitrogen and oxygen atoms in total. The van der Waals surface area contributed by atoms with E-state index < -0.39 is 5.97 Å². The lowest BCUT2D eigenvalue weighted by Gasteiger charge is -2.32. The molecule has 0 bridgehead atoms. The van der Waals surface area contributed by atoms with Gasteiger partial charge in [0.2, 0.25) is 0 Å². The molecular formula is C12H10O2. The molecule has 1 aromatic carbocycles.